The van der Waals surface area contributed by atoms with Crippen molar-refractivity contribution in [3.8, 4) is 0 Å². The lowest BCUT2D eigenvalue weighted by molar-refractivity contribution is -0.132. The van der Waals surface area contributed by atoms with Crippen molar-refractivity contribution in [3.63, 3.8) is 0 Å². The number of amides is 4. The van der Waals surface area contributed by atoms with Crippen LogP contribution in [-0.4, -0.2) is 67.7 Å². The van der Waals surface area contributed by atoms with Crippen LogP contribution in [0, 0.1) is 0 Å². The number of carbonyl (C=O) groups is 3. The van der Waals surface area contributed by atoms with Gasteiger partial charge in [0, 0.05) is 32.6 Å². The summed E-state index contributed by atoms with van der Waals surface area (Å²) < 4.78 is 27.1. The highest BCUT2D eigenvalue weighted by atomic mass is 32.2. The van der Waals surface area contributed by atoms with Gasteiger partial charge in [-0.25, -0.2) is 13.2 Å². The zero-order chi connectivity index (χ0) is 21.2. The van der Waals surface area contributed by atoms with E-state index in [2.05, 4.69) is 10.6 Å². The van der Waals surface area contributed by atoms with Crippen LogP contribution in [0.15, 0.2) is 29.2 Å². The van der Waals surface area contributed by atoms with Crippen molar-refractivity contribution in [2.45, 2.75) is 43.5 Å². The lowest BCUT2D eigenvalue weighted by Crippen LogP contribution is -2.50. The molecule has 0 bridgehead atoms. The molecule has 0 aliphatic carbocycles. The van der Waals surface area contributed by atoms with Gasteiger partial charge < -0.3 is 10.2 Å². The largest absolute Gasteiger partial charge is 0.340 e. The Kier molecular flexibility index (Phi) is 6.23. The Labute approximate surface area is 170 Å². The van der Waals surface area contributed by atoms with Gasteiger partial charge in [0.25, 0.3) is 5.91 Å². The number of urea groups is 1. The van der Waals surface area contributed by atoms with Crippen molar-refractivity contribution in [1.82, 2.24) is 19.8 Å². The van der Waals surface area contributed by atoms with Crippen molar-refractivity contribution >= 4 is 27.9 Å². The Balaban J connectivity index is 1.53. The Morgan fingerprint density at radius 1 is 1.10 bits per heavy atom. The van der Waals surface area contributed by atoms with Gasteiger partial charge in [-0.15, -0.1) is 0 Å². The maximum atomic E-state index is 12.8. The number of imide groups is 1. The molecular weight excluding hydrogens is 396 g/mol. The second-order valence-electron chi connectivity index (χ2n) is 7.56. The summed E-state index contributed by atoms with van der Waals surface area (Å²) in [6.07, 6.45) is 0.332. The SMILES string of the molecule is CC(C)c1ccc(S(=O)(=O)N2CCN(C(=O)CC[C@@H]3NC(=O)NC3=O)CC2)cc1. The van der Waals surface area contributed by atoms with E-state index in [9.17, 15) is 22.8 Å². The molecule has 2 aliphatic heterocycles. The topological polar surface area (TPSA) is 116 Å². The lowest BCUT2D eigenvalue weighted by atomic mass is 10.0. The molecule has 9 nitrogen and oxygen atoms in total. The van der Waals surface area contributed by atoms with Crippen molar-refractivity contribution < 1.29 is 22.8 Å². The predicted molar refractivity (Wildman–Crippen MR) is 106 cm³/mol. The summed E-state index contributed by atoms with van der Waals surface area (Å²) in [6, 6.07) is 5.67. The van der Waals surface area contributed by atoms with E-state index < -0.39 is 28.0 Å². The third kappa shape index (κ3) is 4.76. The van der Waals surface area contributed by atoms with Crippen LogP contribution in [0.4, 0.5) is 4.79 Å². The number of hydrogen-bond donors (Lipinski definition) is 2. The molecule has 0 radical (unpaired) electrons. The summed E-state index contributed by atoms with van der Waals surface area (Å²) in [6.45, 7) is 5.14. The van der Waals surface area contributed by atoms with E-state index in [4.69, 9.17) is 0 Å². The number of sulfonamides is 1. The maximum Gasteiger partial charge on any atom is 0.322 e. The van der Waals surface area contributed by atoms with E-state index in [-0.39, 0.29) is 36.7 Å². The standard InChI is InChI=1S/C19H26N4O5S/c1-13(2)14-3-5-15(6-4-14)29(27,28)23-11-9-22(10-12-23)17(24)8-7-16-18(25)21-19(26)20-16/h3-6,13,16H,7-12H2,1-2H3,(H2,20,21,25,26)/t16-/m0/s1. The van der Waals surface area contributed by atoms with E-state index >= 15 is 0 Å². The number of nitrogens with one attached hydrogen (secondary N) is 2. The minimum Gasteiger partial charge on any atom is -0.340 e. The molecule has 0 unspecified atom stereocenters. The van der Waals surface area contributed by atoms with Gasteiger partial charge in [0.1, 0.15) is 6.04 Å². The molecule has 10 heteroatoms. The first-order chi connectivity index (χ1) is 13.7. The van der Waals surface area contributed by atoms with Gasteiger partial charge in [-0.2, -0.15) is 4.31 Å². The summed E-state index contributed by atoms with van der Waals surface area (Å²) in [7, 11) is -3.60. The Morgan fingerprint density at radius 3 is 2.24 bits per heavy atom. The normalized spacial score (nSPS) is 20.7. The Hall–Kier alpha value is -2.46. The van der Waals surface area contributed by atoms with Crippen molar-refractivity contribution in [2.75, 3.05) is 26.2 Å². The fraction of sp³-hybridized carbons (Fsp3) is 0.526. The van der Waals surface area contributed by atoms with Gasteiger partial charge in [-0.3, -0.25) is 14.9 Å². The fourth-order valence-electron chi connectivity index (χ4n) is 3.44. The molecule has 3 rings (SSSR count). The maximum absolute atomic E-state index is 12.8. The predicted octanol–water partition coefficient (Wildman–Crippen LogP) is 0.631. The highest BCUT2D eigenvalue weighted by Crippen LogP contribution is 2.21. The quantitative estimate of drug-likeness (QED) is 0.653. The Morgan fingerprint density at radius 2 is 1.72 bits per heavy atom. The summed E-state index contributed by atoms with van der Waals surface area (Å²) in [5, 5.41) is 4.59. The van der Waals surface area contributed by atoms with Crippen LogP contribution >= 0.6 is 0 Å². The van der Waals surface area contributed by atoms with Crippen LogP contribution < -0.4 is 10.6 Å². The minimum absolute atomic E-state index is 0.113. The van der Waals surface area contributed by atoms with Gasteiger partial charge >= 0.3 is 6.03 Å². The molecule has 29 heavy (non-hydrogen) atoms. The molecule has 158 valence electrons. The van der Waals surface area contributed by atoms with Crippen molar-refractivity contribution in [1.29, 1.82) is 0 Å². The van der Waals surface area contributed by atoms with Crippen LogP contribution in [0.2, 0.25) is 0 Å². The third-order valence-corrected chi connectivity index (χ3v) is 7.19. The first-order valence-corrected chi connectivity index (χ1v) is 11.1. The number of benzene rings is 1. The van der Waals surface area contributed by atoms with Gasteiger partial charge in [-0.05, 0) is 30.0 Å². The molecular formula is C19H26N4O5S. The van der Waals surface area contributed by atoms with Gasteiger partial charge in [0.15, 0.2) is 0 Å². The van der Waals surface area contributed by atoms with Crippen molar-refractivity contribution in [2.24, 2.45) is 0 Å². The zero-order valence-electron chi connectivity index (χ0n) is 16.6. The first kappa shape index (κ1) is 21.3. The summed E-state index contributed by atoms with van der Waals surface area (Å²) in [4.78, 5) is 36.9. The van der Waals surface area contributed by atoms with Crippen molar-refractivity contribution in [3.05, 3.63) is 29.8 Å². The average Bonchev–Trinajstić information content (AvgIpc) is 3.03. The monoisotopic (exact) mass is 422 g/mol. The number of rotatable bonds is 6. The van der Waals surface area contributed by atoms with E-state index in [0.717, 1.165) is 5.56 Å². The van der Waals surface area contributed by atoms with E-state index in [1.807, 2.05) is 26.0 Å². The summed E-state index contributed by atoms with van der Waals surface area (Å²) in [5.41, 5.74) is 1.08. The highest BCUT2D eigenvalue weighted by Gasteiger charge is 2.32. The van der Waals surface area contributed by atoms with Crippen LogP contribution in [0.3, 0.4) is 0 Å². The molecule has 1 aromatic carbocycles. The van der Waals surface area contributed by atoms with E-state index in [0.29, 0.717) is 19.0 Å². The van der Waals surface area contributed by atoms with Crippen LogP contribution in [0.5, 0.6) is 0 Å². The molecule has 4 amide bonds. The van der Waals surface area contributed by atoms with E-state index in [1.54, 1.807) is 17.0 Å². The zero-order valence-corrected chi connectivity index (χ0v) is 17.4. The second kappa shape index (κ2) is 8.50. The highest BCUT2D eigenvalue weighted by molar-refractivity contribution is 7.89. The van der Waals surface area contributed by atoms with Gasteiger partial charge in [-0.1, -0.05) is 26.0 Å². The number of hydrogen-bond acceptors (Lipinski definition) is 5. The molecule has 0 saturated carbocycles. The molecule has 0 aromatic heterocycles. The Bertz CT molecular complexity index is 890. The summed E-state index contributed by atoms with van der Waals surface area (Å²) in [5.74, 6) is -0.260. The number of piperazine rings is 1. The van der Waals surface area contributed by atoms with Crippen LogP contribution in [-0.2, 0) is 19.6 Å². The molecule has 2 fully saturated rings. The lowest BCUT2D eigenvalue weighted by Gasteiger charge is -2.34. The molecule has 1 atom stereocenters. The third-order valence-electron chi connectivity index (χ3n) is 5.28. The first-order valence-electron chi connectivity index (χ1n) is 9.67. The van der Waals surface area contributed by atoms with E-state index in [1.165, 1.54) is 4.31 Å². The number of nitrogens with zero attached hydrogens (tertiary/aromatic N) is 2. The molecule has 2 saturated heterocycles. The average molecular weight is 423 g/mol. The second-order valence-corrected chi connectivity index (χ2v) is 9.50. The van der Waals surface area contributed by atoms with Gasteiger partial charge in [0.2, 0.25) is 15.9 Å². The molecule has 2 heterocycles. The minimum atomic E-state index is -3.60. The van der Waals surface area contributed by atoms with Crippen LogP contribution in [0.1, 0.15) is 38.2 Å². The fourth-order valence-corrected chi connectivity index (χ4v) is 4.86. The molecule has 1 aromatic rings. The smallest absolute Gasteiger partial charge is 0.322 e. The molecule has 2 N–H and O–H groups in total. The van der Waals surface area contributed by atoms with Gasteiger partial charge in [0.05, 0.1) is 4.90 Å². The summed E-state index contributed by atoms with van der Waals surface area (Å²) >= 11 is 0. The molecule has 0 spiro atoms. The van der Waals surface area contributed by atoms with Crippen LogP contribution in [0.25, 0.3) is 0 Å². The molecule has 2 aliphatic rings. The number of carbonyl (C=O) groups excluding carboxylic acids is 3.